The summed E-state index contributed by atoms with van der Waals surface area (Å²) in [6, 6.07) is 8.74. The summed E-state index contributed by atoms with van der Waals surface area (Å²) in [5.41, 5.74) is 2.79. The SMILES string of the molecule is CN=C(NCc1ccccc1CN1CCCCC1)NC(C)(C)C. The molecule has 0 bridgehead atoms. The molecule has 2 N–H and O–H groups in total. The molecule has 0 aromatic heterocycles. The number of nitrogens with zero attached hydrogens (tertiary/aromatic N) is 2. The number of hydrogen-bond acceptors (Lipinski definition) is 2. The molecule has 0 unspecified atom stereocenters. The highest BCUT2D eigenvalue weighted by Gasteiger charge is 2.14. The maximum absolute atomic E-state index is 4.32. The van der Waals surface area contributed by atoms with Gasteiger partial charge >= 0.3 is 0 Å². The highest BCUT2D eigenvalue weighted by molar-refractivity contribution is 5.80. The Labute approximate surface area is 141 Å². The summed E-state index contributed by atoms with van der Waals surface area (Å²) in [4.78, 5) is 6.89. The van der Waals surface area contributed by atoms with E-state index in [1.54, 1.807) is 0 Å². The summed E-state index contributed by atoms with van der Waals surface area (Å²) in [6.45, 7) is 10.8. The summed E-state index contributed by atoms with van der Waals surface area (Å²) in [5.74, 6) is 0.852. The summed E-state index contributed by atoms with van der Waals surface area (Å²) in [5, 5.41) is 6.85. The molecule has 128 valence electrons. The van der Waals surface area contributed by atoms with Crippen molar-refractivity contribution in [3.05, 3.63) is 35.4 Å². The van der Waals surface area contributed by atoms with E-state index in [0.717, 1.165) is 19.0 Å². The first-order valence-corrected chi connectivity index (χ1v) is 8.76. The molecular weight excluding hydrogens is 284 g/mol. The van der Waals surface area contributed by atoms with Crippen LogP contribution >= 0.6 is 0 Å². The number of benzene rings is 1. The number of rotatable bonds is 4. The molecule has 0 spiro atoms. The van der Waals surface area contributed by atoms with Crippen LogP contribution in [0.1, 0.15) is 51.2 Å². The summed E-state index contributed by atoms with van der Waals surface area (Å²) in [7, 11) is 1.82. The number of nitrogens with one attached hydrogen (secondary N) is 2. The molecular formula is C19H32N4. The maximum atomic E-state index is 4.32. The molecule has 0 aliphatic carbocycles. The largest absolute Gasteiger partial charge is 0.352 e. The minimum atomic E-state index is 0.00909. The predicted octanol–water partition coefficient (Wildman–Crippen LogP) is 3.14. The van der Waals surface area contributed by atoms with E-state index in [4.69, 9.17) is 0 Å². The van der Waals surface area contributed by atoms with Crippen molar-refractivity contribution in [3.63, 3.8) is 0 Å². The second kappa shape index (κ2) is 8.34. The third-order valence-corrected chi connectivity index (χ3v) is 4.12. The molecule has 23 heavy (non-hydrogen) atoms. The Bertz CT molecular complexity index is 510. The fourth-order valence-electron chi connectivity index (χ4n) is 2.96. The van der Waals surface area contributed by atoms with Crippen LogP contribution in [0.15, 0.2) is 29.3 Å². The van der Waals surface area contributed by atoms with E-state index in [1.807, 2.05) is 7.05 Å². The topological polar surface area (TPSA) is 39.7 Å². The van der Waals surface area contributed by atoms with Crippen LogP contribution in [-0.4, -0.2) is 36.5 Å². The van der Waals surface area contributed by atoms with E-state index in [2.05, 4.69) is 65.6 Å². The van der Waals surface area contributed by atoms with Gasteiger partial charge in [0, 0.05) is 25.7 Å². The van der Waals surface area contributed by atoms with Crippen molar-refractivity contribution in [2.45, 2.75) is 58.7 Å². The van der Waals surface area contributed by atoms with Crippen LogP contribution in [0.3, 0.4) is 0 Å². The van der Waals surface area contributed by atoms with E-state index < -0.39 is 0 Å². The van der Waals surface area contributed by atoms with Crippen molar-refractivity contribution < 1.29 is 0 Å². The smallest absolute Gasteiger partial charge is 0.191 e. The van der Waals surface area contributed by atoms with Gasteiger partial charge in [0.05, 0.1) is 0 Å². The number of aliphatic imine (C=N–C) groups is 1. The second-order valence-electron chi connectivity index (χ2n) is 7.41. The van der Waals surface area contributed by atoms with Crippen molar-refractivity contribution in [1.82, 2.24) is 15.5 Å². The highest BCUT2D eigenvalue weighted by Crippen LogP contribution is 2.16. The Morgan fingerprint density at radius 1 is 1.09 bits per heavy atom. The summed E-state index contributed by atoms with van der Waals surface area (Å²) < 4.78 is 0. The zero-order valence-electron chi connectivity index (χ0n) is 15.2. The van der Waals surface area contributed by atoms with E-state index in [-0.39, 0.29) is 5.54 Å². The van der Waals surface area contributed by atoms with E-state index >= 15 is 0 Å². The van der Waals surface area contributed by atoms with Gasteiger partial charge in [-0.05, 0) is 57.8 Å². The van der Waals surface area contributed by atoms with Crippen LogP contribution in [0.2, 0.25) is 0 Å². The van der Waals surface area contributed by atoms with Crippen molar-refractivity contribution in [1.29, 1.82) is 0 Å². The molecule has 4 nitrogen and oxygen atoms in total. The van der Waals surface area contributed by atoms with Crippen LogP contribution < -0.4 is 10.6 Å². The molecule has 1 saturated heterocycles. The van der Waals surface area contributed by atoms with Gasteiger partial charge < -0.3 is 10.6 Å². The number of piperidine rings is 1. The van der Waals surface area contributed by atoms with Crippen LogP contribution in [0, 0.1) is 0 Å². The molecule has 1 aromatic rings. The molecule has 1 heterocycles. The van der Waals surface area contributed by atoms with Gasteiger partial charge in [-0.15, -0.1) is 0 Å². The van der Waals surface area contributed by atoms with Gasteiger partial charge in [-0.2, -0.15) is 0 Å². The van der Waals surface area contributed by atoms with Crippen LogP contribution in [0.25, 0.3) is 0 Å². The average molecular weight is 316 g/mol. The Morgan fingerprint density at radius 3 is 2.35 bits per heavy atom. The number of likely N-dealkylation sites (tertiary alicyclic amines) is 1. The third kappa shape index (κ3) is 6.22. The lowest BCUT2D eigenvalue weighted by molar-refractivity contribution is 0.220. The van der Waals surface area contributed by atoms with Gasteiger partial charge in [-0.25, -0.2) is 0 Å². The summed E-state index contributed by atoms with van der Waals surface area (Å²) >= 11 is 0. The van der Waals surface area contributed by atoms with E-state index in [1.165, 1.54) is 43.5 Å². The van der Waals surface area contributed by atoms with Gasteiger partial charge in [0.1, 0.15) is 0 Å². The van der Waals surface area contributed by atoms with E-state index in [0.29, 0.717) is 0 Å². The molecule has 1 aromatic carbocycles. The standard InChI is InChI=1S/C19H32N4/c1-19(2,3)22-18(20-4)21-14-16-10-6-7-11-17(16)15-23-12-8-5-9-13-23/h6-7,10-11H,5,8-9,12-15H2,1-4H3,(H2,20,21,22). The predicted molar refractivity (Wildman–Crippen MR) is 98.7 cm³/mol. The van der Waals surface area contributed by atoms with E-state index in [9.17, 15) is 0 Å². The van der Waals surface area contributed by atoms with Gasteiger partial charge in [0.15, 0.2) is 5.96 Å². The number of guanidine groups is 1. The van der Waals surface area contributed by atoms with Crippen molar-refractivity contribution in [2.75, 3.05) is 20.1 Å². The van der Waals surface area contributed by atoms with Crippen molar-refractivity contribution in [3.8, 4) is 0 Å². The fraction of sp³-hybridized carbons (Fsp3) is 0.632. The normalized spacial score (nSPS) is 17.1. The van der Waals surface area contributed by atoms with Crippen molar-refractivity contribution >= 4 is 5.96 Å². The zero-order chi connectivity index (χ0) is 16.7. The minimum Gasteiger partial charge on any atom is -0.352 e. The Hall–Kier alpha value is -1.55. The average Bonchev–Trinajstić information content (AvgIpc) is 2.52. The lowest BCUT2D eigenvalue weighted by atomic mass is 10.0. The Kier molecular flexibility index (Phi) is 6.46. The molecule has 0 radical (unpaired) electrons. The molecule has 0 amide bonds. The van der Waals surface area contributed by atoms with Gasteiger partial charge in [0.2, 0.25) is 0 Å². The summed E-state index contributed by atoms with van der Waals surface area (Å²) in [6.07, 6.45) is 4.06. The maximum Gasteiger partial charge on any atom is 0.191 e. The fourth-order valence-corrected chi connectivity index (χ4v) is 2.96. The van der Waals surface area contributed by atoms with Crippen LogP contribution in [-0.2, 0) is 13.1 Å². The van der Waals surface area contributed by atoms with Crippen molar-refractivity contribution in [2.24, 2.45) is 4.99 Å². The van der Waals surface area contributed by atoms with Gasteiger partial charge in [-0.1, -0.05) is 30.7 Å². The third-order valence-electron chi connectivity index (χ3n) is 4.12. The Morgan fingerprint density at radius 2 is 1.74 bits per heavy atom. The second-order valence-corrected chi connectivity index (χ2v) is 7.41. The molecule has 2 rings (SSSR count). The first-order valence-electron chi connectivity index (χ1n) is 8.76. The number of hydrogen-bond donors (Lipinski definition) is 2. The Balaban J connectivity index is 1.96. The molecule has 1 fully saturated rings. The van der Waals surface area contributed by atoms with Crippen LogP contribution in [0.5, 0.6) is 0 Å². The molecule has 4 heteroatoms. The van der Waals surface area contributed by atoms with Gasteiger partial charge in [0.25, 0.3) is 0 Å². The molecule has 0 atom stereocenters. The molecule has 1 aliphatic rings. The minimum absolute atomic E-state index is 0.00909. The first kappa shape index (κ1) is 17.8. The molecule has 0 saturated carbocycles. The highest BCUT2D eigenvalue weighted by atomic mass is 15.2. The first-order chi connectivity index (χ1) is 11.0. The van der Waals surface area contributed by atoms with Crippen LogP contribution in [0.4, 0.5) is 0 Å². The monoisotopic (exact) mass is 316 g/mol. The quantitative estimate of drug-likeness (QED) is 0.662. The molecule has 1 aliphatic heterocycles. The lowest BCUT2D eigenvalue weighted by Crippen LogP contribution is -2.47. The van der Waals surface area contributed by atoms with Gasteiger partial charge in [-0.3, -0.25) is 9.89 Å². The zero-order valence-corrected chi connectivity index (χ0v) is 15.2. The lowest BCUT2D eigenvalue weighted by Gasteiger charge is -2.27.